The van der Waals surface area contributed by atoms with E-state index in [4.69, 9.17) is 0 Å². The molecule has 1 aromatic carbocycles. The van der Waals surface area contributed by atoms with Gasteiger partial charge in [0.15, 0.2) is 5.96 Å². The average molecular weight is 461 g/mol. The van der Waals surface area contributed by atoms with E-state index in [2.05, 4.69) is 39.4 Å². The molecule has 3 N–H and O–H groups in total. The van der Waals surface area contributed by atoms with E-state index >= 15 is 0 Å². The zero-order valence-electron chi connectivity index (χ0n) is 15.2. The minimum absolute atomic E-state index is 0. The Hall–Kier alpha value is -1.35. The van der Waals surface area contributed by atoms with Crippen LogP contribution in [-0.4, -0.2) is 55.6 Å². The van der Waals surface area contributed by atoms with Gasteiger partial charge in [-0.1, -0.05) is 13.8 Å². The second-order valence-corrected chi connectivity index (χ2v) is 5.71. The third-order valence-electron chi connectivity index (χ3n) is 4.25. The fourth-order valence-corrected chi connectivity index (χ4v) is 2.77. The molecule has 2 rings (SSSR count). The number of nitrogens with zero attached hydrogens (tertiary/aromatic N) is 2. The highest BCUT2D eigenvalue weighted by Crippen LogP contribution is 2.19. The smallest absolute Gasteiger partial charge is 0.191 e. The maximum absolute atomic E-state index is 13.2. The van der Waals surface area contributed by atoms with Crippen LogP contribution in [0.1, 0.15) is 19.4 Å². The summed E-state index contributed by atoms with van der Waals surface area (Å²) >= 11 is 0. The first-order chi connectivity index (χ1) is 11.7. The molecule has 0 aliphatic rings. The molecule has 0 aliphatic heterocycles. The van der Waals surface area contributed by atoms with Gasteiger partial charge in [0.25, 0.3) is 0 Å². The minimum atomic E-state index is -0.216. The summed E-state index contributed by atoms with van der Waals surface area (Å²) in [6.07, 6.45) is 2.80. The Morgan fingerprint density at radius 2 is 1.92 bits per heavy atom. The first kappa shape index (κ1) is 21.7. The largest absolute Gasteiger partial charge is 0.361 e. The van der Waals surface area contributed by atoms with Gasteiger partial charge in [-0.25, -0.2) is 4.39 Å². The monoisotopic (exact) mass is 461 g/mol. The molecular weight excluding hydrogens is 432 g/mol. The topological polar surface area (TPSA) is 55.4 Å². The molecule has 0 saturated carbocycles. The van der Waals surface area contributed by atoms with Crippen LogP contribution in [0.25, 0.3) is 10.9 Å². The lowest BCUT2D eigenvalue weighted by Gasteiger charge is -2.19. The molecule has 0 spiro atoms. The molecule has 0 bridgehead atoms. The zero-order chi connectivity index (χ0) is 17.4. The summed E-state index contributed by atoms with van der Waals surface area (Å²) in [5, 5.41) is 7.73. The van der Waals surface area contributed by atoms with Gasteiger partial charge >= 0.3 is 0 Å². The van der Waals surface area contributed by atoms with Crippen molar-refractivity contribution in [3.8, 4) is 0 Å². The average Bonchev–Trinajstić information content (AvgIpc) is 2.99. The summed E-state index contributed by atoms with van der Waals surface area (Å²) in [5.41, 5.74) is 2.02. The van der Waals surface area contributed by atoms with E-state index in [-0.39, 0.29) is 29.8 Å². The Labute approximate surface area is 166 Å². The number of hydrogen-bond acceptors (Lipinski definition) is 2. The fourth-order valence-electron chi connectivity index (χ4n) is 2.77. The summed E-state index contributed by atoms with van der Waals surface area (Å²) in [4.78, 5) is 9.74. The molecule has 0 amide bonds. The Morgan fingerprint density at radius 3 is 2.60 bits per heavy atom. The second-order valence-electron chi connectivity index (χ2n) is 5.71. The summed E-state index contributed by atoms with van der Waals surface area (Å²) < 4.78 is 13.2. The molecule has 1 aromatic heterocycles. The number of aromatic nitrogens is 1. The third kappa shape index (κ3) is 6.47. The lowest BCUT2D eigenvalue weighted by Crippen LogP contribution is -2.42. The number of aliphatic imine (C=N–C) groups is 1. The van der Waals surface area contributed by atoms with Crippen LogP contribution in [0.15, 0.2) is 29.4 Å². The number of aromatic amines is 1. The summed E-state index contributed by atoms with van der Waals surface area (Å²) in [6.45, 7) is 9.11. The maximum atomic E-state index is 13.2. The van der Waals surface area contributed by atoms with Crippen molar-refractivity contribution >= 4 is 40.8 Å². The molecular formula is C18H29FIN5. The molecule has 0 aliphatic carbocycles. The zero-order valence-corrected chi connectivity index (χ0v) is 17.6. The highest BCUT2D eigenvalue weighted by atomic mass is 127. The standard InChI is InChI=1S/C18H28FN5.HI/c1-4-24(5-2)11-10-22-18(20-3)21-9-8-14-13-23-17-12-15(19)6-7-16(14)17;/h6-7,12-13,23H,4-5,8-11H2,1-3H3,(H2,20,21,22);1H. The van der Waals surface area contributed by atoms with Crippen molar-refractivity contribution in [3.63, 3.8) is 0 Å². The first-order valence-corrected chi connectivity index (χ1v) is 8.60. The van der Waals surface area contributed by atoms with Crippen LogP contribution in [-0.2, 0) is 6.42 Å². The van der Waals surface area contributed by atoms with E-state index in [0.29, 0.717) is 0 Å². The van der Waals surface area contributed by atoms with Crippen LogP contribution in [0.5, 0.6) is 0 Å². The van der Waals surface area contributed by atoms with Crippen LogP contribution in [0.4, 0.5) is 4.39 Å². The van der Waals surface area contributed by atoms with Gasteiger partial charge in [0.1, 0.15) is 5.82 Å². The number of hydrogen-bond donors (Lipinski definition) is 3. The van der Waals surface area contributed by atoms with Crippen molar-refractivity contribution in [1.82, 2.24) is 20.5 Å². The molecule has 7 heteroatoms. The van der Waals surface area contributed by atoms with Gasteiger partial charge in [-0.3, -0.25) is 4.99 Å². The van der Waals surface area contributed by atoms with Crippen molar-refractivity contribution in [3.05, 3.63) is 35.8 Å². The number of rotatable bonds is 8. The molecule has 0 saturated heterocycles. The van der Waals surface area contributed by atoms with E-state index in [1.807, 2.05) is 12.3 Å². The van der Waals surface area contributed by atoms with Crippen molar-refractivity contribution in [1.29, 1.82) is 0 Å². The lowest BCUT2D eigenvalue weighted by molar-refractivity contribution is 0.308. The SMILES string of the molecule is CCN(CC)CCNC(=NC)NCCc1c[nH]c2cc(F)ccc12.I. The molecule has 25 heavy (non-hydrogen) atoms. The van der Waals surface area contributed by atoms with Crippen molar-refractivity contribution < 1.29 is 4.39 Å². The minimum Gasteiger partial charge on any atom is -0.361 e. The maximum Gasteiger partial charge on any atom is 0.191 e. The van der Waals surface area contributed by atoms with Crippen LogP contribution >= 0.6 is 24.0 Å². The molecule has 140 valence electrons. The van der Waals surface area contributed by atoms with Gasteiger partial charge in [-0.2, -0.15) is 0 Å². The van der Waals surface area contributed by atoms with Crippen LogP contribution in [0, 0.1) is 5.82 Å². The number of likely N-dealkylation sites (N-methyl/N-ethyl adjacent to an activating group) is 1. The second kappa shape index (κ2) is 11.3. The molecule has 0 atom stereocenters. The van der Waals surface area contributed by atoms with Crippen LogP contribution in [0.2, 0.25) is 0 Å². The summed E-state index contributed by atoms with van der Waals surface area (Å²) in [6, 6.07) is 4.86. The van der Waals surface area contributed by atoms with E-state index in [1.54, 1.807) is 7.05 Å². The van der Waals surface area contributed by atoms with Gasteiger partial charge in [-0.15, -0.1) is 24.0 Å². The molecule has 5 nitrogen and oxygen atoms in total. The Kier molecular flexibility index (Phi) is 9.81. The number of guanidine groups is 1. The quantitative estimate of drug-likeness (QED) is 0.322. The van der Waals surface area contributed by atoms with Gasteiger partial charge < -0.3 is 20.5 Å². The normalized spacial score (nSPS) is 11.6. The molecule has 2 aromatic rings. The number of fused-ring (bicyclic) bond motifs is 1. The van der Waals surface area contributed by atoms with Crippen LogP contribution in [0.3, 0.4) is 0 Å². The van der Waals surface area contributed by atoms with Gasteiger partial charge in [-0.05, 0) is 43.3 Å². The van der Waals surface area contributed by atoms with E-state index < -0.39 is 0 Å². The molecule has 0 radical (unpaired) electrons. The summed E-state index contributed by atoms with van der Waals surface area (Å²) in [7, 11) is 1.78. The Morgan fingerprint density at radius 1 is 1.20 bits per heavy atom. The van der Waals surface area contributed by atoms with E-state index in [9.17, 15) is 4.39 Å². The van der Waals surface area contributed by atoms with Crippen molar-refractivity contribution in [2.24, 2.45) is 4.99 Å². The Balaban J connectivity index is 0.00000312. The lowest BCUT2D eigenvalue weighted by atomic mass is 10.1. The van der Waals surface area contributed by atoms with E-state index in [0.717, 1.165) is 56.0 Å². The summed E-state index contributed by atoms with van der Waals surface area (Å²) in [5.74, 6) is 0.597. The van der Waals surface area contributed by atoms with E-state index in [1.165, 1.54) is 17.7 Å². The van der Waals surface area contributed by atoms with Gasteiger partial charge in [0.05, 0.1) is 0 Å². The predicted octanol–water partition coefficient (Wildman–Crippen LogP) is 2.97. The van der Waals surface area contributed by atoms with Gasteiger partial charge in [0, 0.05) is 43.8 Å². The Bertz CT molecular complexity index is 667. The van der Waals surface area contributed by atoms with Crippen molar-refractivity contribution in [2.75, 3.05) is 39.8 Å². The third-order valence-corrected chi connectivity index (χ3v) is 4.25. The van der Waals surface area contributed by atoms with Crippen LogP contribution < -0.4 is 10.6 Å². The molecule has 1 heterocycles. The highest BCUT2D eigenvalue weighted by molar-refractivity contribution is 14.0. The fraction of sp³-hybridized carbons (Fsp3) is 0.500. The number of halogens is 2. The molecule has 0 unspecified atom stereocenters. The predicted molar refractivity (Wildman–Crippen MR) is 115 cm³/mol. The highest BCUT2D eigenvalue weighted by Gasteiger charge is 2.05. The number of H-pyrrole nitrogens is 1. The van der Waals surface area contributed by atoms with Gasteiger partial charge in [0.2, 0.25) is 0 Å². The van der Waals surface area contributed by atoms with Crippen molar-refractivity contribution in [2.45, 2.75) is 20.3 Å². The number of nitrogens with one attached hydrogen (secondary N) is 3. The molecule has 0 fully saturated rings. The number of benzene rings is 1. The first-order valence-electron chi connectivity index (χ1n) is 8.60.